The molecule has 0 radical (unpaired) electrons. The molecule has 1 aromatic carbocycles. The van der Waals surface area contributed by atoms with Crippen molar-refractivity contribution in [2.45, 2.75) is 19.4 Å². The van der Waals surface area contributed by atoms with Crippen molar-refractivity contribution in [1.29, 1.82) is 0 Å². The molecule has 0 atom stereocenters. The molecule has 1 saturated carbocycles. The van der Waals surface area contributed by atoms with Crippen LogP contribution in [0.3, 0.4) is 0 Å². The molecule has 6 heteroatoms. The Hall–Kier alpha value is -2.34. The van der Waals surface area contributed by atoms with E-state index in [0.29, 0.717) is 17.3 Å². The van der Waals surface area contributed by atoms with Gasteiger partial charge >= 0.3 is 5.97 Å². The zero-order chi connectivity index (χ0) is 16.2. The molecule has 1 aliphatic carbocycles. The summed E-state index contributed by atoms with van der Waals surface area (Å²) in [5.41, 5.74) is 0.913. The summed E-state index contributed by atoms with van der Waals surface area (Å²) in [6.45, 7) is 1.07. The molecule has 0 bridgehead atoms. The molecular weight excluding hydrogens is 314 g/mol. The predicted molar refractivity (Wildman–Crippen MR) is 87.1 cm³/mol. The maximum atomic E-state index is 12.1. The number of amides is 1. The minimum Gasteiger partial charge on any atom is -0.493 e. The first kappa shape index (κ1) is 15.6. The Labute approximate surface area is 137 Å². The number of carbonyl (C=O) groups excluding carboxylic acids is 1. The van der Waals surface area contributed by atoms with Crippen LogP contribution in [0.2, 0.25) is 0 Å². The number of para-hydroxylation sites is 1. The highest BCUT2D eigenvalue weighted by molar-refractivity contribution is 7.15. The average Bonchev–Trinajstić information content (AvgIpc) is 3.24. The number of carbonyl (C=O) groups is 2. The molecule has 1 aromatic heterocycles. The van der Waals surface area contributed by atoms with Crippen LogP contribution in [0.1, 0.15) is 37.7 Å². The Morgan fingerprint density at radius 2 is 1.91 bits per heavy atom. The summed E-state index contributed by atoms with van der Waals surface area (Å²) >= 11 is 0.968. The van der Waals surface area contributed by atoms with E-state index >= 15 is 0 Å². The maximum absolute atomic E-state index is 12.1. The quantitative estimate of drug-likeness (QED) is 0.817. The standard InChI is InChI=1S/C17H17NO4S/c19-16(14-7-8-15(23-14)17(20)21)18-9-12-3-1-2-4-13(12)22-10-11-5-6-11/h1-4,7-8,11H,5-6,9-10H2,(H,18,19)(H,20,21). The number of hydrogen-bond donors (Lipinski definition) is 2. The zero-order valence-electron chi connectivity index (χ0n) is 12.5. The van der Waals surface area contributed by atoms with E-state index in [1.807, 2.05) is 24.3 Å². The van der Waals surface area contributed by atoms with E-state index in [1.54, 1.807) is 0 Å². The molecule has 2 N–H and O–H groups in total. The minimum absolute atomic E-state index is 0.156. The summed E-state index contributed by atoms with van der Waals surface area (Å²) in [5, 5.41) is 11.7. The summed E-state index contributed by atoms with van der Waals surface area (Å²) in [7, 11) is 0. The van der Waals surface area contributed by atoms with Crippen molar-refractivity contribution in [2.75, 3.05) is 6.61 Å². The Kier molecular flexibility index (Phi) is 4.62. The molecular formula is C17H17NO4S. The Balaban J connectivity index is 1.60. The van der Waals surface area contributed by atoms with Crippen LogP contribution in [-0.2, 0) is 6.54 Å². The first-order chi connectivity index (χ1) is 11.1. The first-order valence-corrected chi connectivity index (χ1v) is 8.27. The smallest absolute Gasteiger partial charge is 0.345 e. The van der Waals surface area contributed by atoms with Crippen LogP contribution in [0.4, 0.5) is 0 Å². The normalized spacial score (nSPS) is 13.6. The van der Waals surface area contributed by atoms with E-state index in [2.05, 4.69) is 5.32 Å². The number of hydrogen-bond acceptors (Lipinski definition) is 4. The Morgan fingerprint density at radius 3 is 2.61 bits per heavy atom. The van der Waals surface area contributed by atoms with E-state index < -0.39 is 5.97 Å². The topological polar surface area (TPSA) is 75.6 Å². The van der Waals surface area contributed by atoms with Crippen LogP contribution in [0, 0.1) is 5.92 Å². The van der Waals surface area contributed by atoms with E-state index in [0.717, 1.165) is 29.3 Å². The van der Waals surface area contributed by atoms with Crippen LogP contribution in [0.15, 0.2) is 36.4 Å². The van der Waals surface area contributed by atoms with E-state index in [4.69, 9.17) is 9.84 Å². The van der Waals surface area contributed by atoms with Crippen LogP contribution in [-0.4, -0.2) is 23.6 Å². The van der Waals surface area contributed by atoms with Gasteiger partial charge in [-0.1, -0.05) is 18.2 Å². The fourth-order valence-electron chi connectivity index (χ4n) is 2.12. The predicted octanol–water partition coefficient (Wildman–Crippen LogP) is 3.17. The monoisotopic (exact) mass is 331 g/mol. The lowest BCUT2D eigenvalue weighted by atomic mass is 10.2. The van der Waals surface area contributed by atoms with Gasteiger partial charge in [0.1, 0.15) is 10.6 Å². The molecule has 23 heavy (non-hydrogen) atoms. The molecule has 1 heterocycles. The molecule has 5 nitrogen and oxygen atoms in total. The molecule has 1 amide bonds. The zero-order valence-corrected chi connectivity index (χ0v) is 13.3. The molecule has 120 valence electrons. The van der Waals surface area contributed by atoms with Gasteiger partial charge < -0.3 is 15.2 Å². The molecule has 3 rings (SSSR count). The highest BCUT2D eigenvalue weighted by Crippen LogP contribution is 2.30. The number of thiophene rings is 1. The second kappa shape index (κ2) is 6.83. The third-order valence-electron chi connectivity index (χ3n) is 3.62. The number of carboxylic acid groups (broad SMARTS) is 1. The maximum Gasteiger partial charge on any atom is 0.345 e. The average molecular weight is 331 g/mol. The SMILES string of the molecule is O=C(O)c1ccc(C(=O)NCc2ccccc2OCC2CC2)s1. The van der Waals surface area contributed by atoms with Crippen LogP contribution < -0.4 is 10.1 Å². The van der Waals surface area contributed by atoms with E-state index in [1.165, 1.54) is 25.0 Å². The van der Waals surface area contributed by atoms with Crippen molar-refractivity contribution in [1.82, 2.24) is 5.32 Å². The number of ether oxygens (including phenoxy) is 1. The van der Waals surface area contributed by atoms with Crippen molar-refractivity contribution >= 4 is 23.2 Å². The van der Waals surface area contributed by atoms with Crippen molar-refractivity contribution in [3.8, 4) is 5.75 Å². The van der Waals surface area contributed by atoms with Gasteiger partial charge in [-0.15, -0.1) is 11.3 Å². The number of benzene rings is 1. The van der Waals surface area contributed by atoms with Gasteiger partial charge in [0.2, 0.25) is 0 Å². The van der Waals surface area contributed by atoms with Crippen molar-refractivity contribution in [3.05, 3.63) is 51.7 Å². The number of aromatic carboxylic acids is 1. The first-order valence-electron chi connectivity index (χ1n) is 7.45. The molecule has 1 aliphatic rings. The molecule has 0 unspecified atom stereocenters. The third-order valence-corrected chi connectivity index (χ3v) is 4.70. The summed E-state index contributed by atoms with van der Waals surface area (Å²) in [6.07, 6.45) is 2.45. The third kappa shape index (κ3) is 4.10. The lowest BCUT2D eigenvalue weighted by Crippen LogP contribution is -2.22. The highest BCUT2D eigenvalue weighted by atomic mass is 32.1. The summed E-state index contributed by atoms with van der Waals surface area (Å²) in [6, 6.07) is 10.6. The Bertz CT molecular complexity index is 721. The Morgan fingerprint density at radius 1 is 1.17 bits per heavy atom. The van der Waals surface area contributed by atoms with Crippen molar-refractivity contribution in [3.63, 3.8) is 0 Å². The van der Waals surface area contributed by atoms with E-state index in [-0.39, 0.29) is 10.8 Å². The lowest BCUT2D eigenvalue weighted by molar-refractivity contribution is 0.0702. The van der Waals surface area contributed by atoms with Crippen LogP contribution >= 0.6 is 11.3 Å². The van der Waals surface area contributed by atoms with Crippen molar-refractivity contribution in [2.24, 2.45) is 5.92 Å². The van der Waals surface area contributed by atoms with Gasteiger partial charge in [-0.2, -0.15) is 0 Å². The van der Waals surface area contributed by atoms with Gasteiger partial charge in [-0.05, 0) is 37.0 Å². The number of rotatable bonds is 7. The number of nitrogens with one attached hydrogen (secondary N) is 1. The molecule has 2 aromatic rings. The molecule has 0 saturated heterocycles. The fourth-order valence-corrected chi connectivity index (χ4v) is 2.88. The van der Waals surface area contributed by atoms with Gasteiger partial charge in [0.05, 0.1) is 11.5 Å². The largest absolute Gasteiger partial charge is 0.493 e. The number of carboxylic acids is 1. The lowest BCUT2D eigenvalue weighted by Gasteiger charge is -2.11. The van der Waals surface area contributed by atoms with Gasteiger partial charge in [0.25, 0.3) is 5.91 Å². The molecule has 1 fully saturated rings. The fraction of sp³-hybridized carbons (Fsp3) is 0.294. The summed E-state index contributed by atoms with van der Waals surface area (Å²) in [4.78, 5) is 23.5. The molecule has 0 spiro atoms. The summed E-state index contributed by atoms with van der Waals surface area (Å²) in [5.74, 6) is 0.155. The summed E-state index contributed by atoms with van der Waals surface area (Å²) < 4.78 is 5.81. The van der Waals surface area contributed by atoms with Crippen molar-refractivity contribution < 1.29 is 19.4 Å². The van der Waals surface area contributed by atoms with Crippen LogP contribution in [0.5, 0.6) is 5.75 Å². The second-order valence-electron chi connectivity index (χ2n) is 5.51. The van der Waals surface area contributed by atoms with Gasteiger partial charge in [0, 0.05) is 12.1 Å². The minimum atomic E-state index is -1.02. The highest BCUT2D eigenvalue weighted by Gasteiger charge is 2.22. The molecule has 0 aliphatic heterocycles. The van der Waals surface area contributed by atoms with E-state index in [9.17, 15) is 9.59 Å². The van der Waals surface area contributed by atoms with Crippen LogP contribution in [0.25, 0.3) is 0 Å². The van der Waals surface area contributed by atoms with Gasteiger partial charge in [0.15, 0.2) is 0 Å². The second-order valence-corrected chi connectivity index (χ2v) is 6.60. The van der Waals surface area contributed by atoms with Gasteiger partial charge in [-0.3, -0.25) is 4.79 Å². The van der Waals surface area contributed by atoms with Gasteiger partial charge in [-0.25, -0.2) is 4.79 Å².